The maximum atomic E-state index is 12.9. The predicted octanol–water partition coefficient (Wildman–Crippen LogP) is 3.94. The minimum atomic E-state index is 0.0677. The van der Waals surface area contributed by atoms with E-state index in [1.54, 1.807) is 6.20 Å². The Hall–Kier alpha value is -1.88. The molecule has 0 atom stereocenters. The lowest BCUT2D eigenvalue weighted by Crippen LogP contribution is -2.35. The second-order valence-electron chi connectivity index (χ2n) is 5.71. The first-order valence-corrected chi connectivity index (χ1v) is 8.33. The molecule has 1 saturated heterocycles. The van der Waals surface area contributed by atoms with Crippen LogP contribution in [-0.2, 0) is 0 Å². The van der Waals surface area contributed by atoms with Crippen molar-refractivity contribution in [2.75, 3.05) is 13.1 Å². The zero-order valence-electron chi connectivity index (χ0n) is 12.6. The molecular formula is C17H21N3OS. The zero-order chi connectivity index (χ0) is 15.4. The van der Waals surface area contributed by atoms with Crippen LogP contribution in [0, 0.1) is 4.77 Å². The van der Waals surface area contributed by atoms with Crippen molar-refractivity contribution in [2.45, 2.75) is 32.1 Å². The van der Waals surface area contributed by atoms with Gasteiger partial charge in [0, 0.05) is 25.0 Å². The first-order valence-electron chi connectivity index (χ1n) is 7.92. The first kappa shape index (κ1) is 15.0. The summed E-state index contributed by atoms with van der Waals surface area (Å²) in [4.78, 5) is 17.9. The van der Waals surface area contributed by atoms with Gasteiger partial charge in [0.05, 0.1) is 0 Å². The summed E-state index contributed by atoms with van der Waals surface area (Å²) in [6.07, 6.45) is 7.61. The monoisotopic (exact) mass is 315 g/mol. The third-order valence-electron chi connectivity index (χ3n) is 4.15. The maximum absolute atomic E-state index is 12.9. The average Bonchev–Trinajstić information content (AvgIpc) is 2.89. The minimum Gasteiger partial charge on any atom is -0.337 e. The highest BCUT2D eigenvalue weighted by Gasteiger charge is 2.21. The van der Waals surface area contributed by atoms with Gasteiger partial charge in [-0.2, -0.15) is 0 Å². The van der Waals surface area contributed by atoms with Crippen molar-refractivity contribution in [1.29, 1.82) is 0 Å². The lowest BCUT2D eigenvalue weighted by Gasteiger charge is -2.25. The Morgan fingerprint density at radius 2 is 1.64 bits per heavy atom. The smallest absolute Gasteiger partial charge is 0.272 e. The topological polar surface area (TPSA) is 41.0 Å². The van der Waals surface area contributed by atoms with Crippen LogP contribution in [0.3, 0.4) is 0 Å². The third-order valence-corrected chi connectivity index (χ3v) is 4.45. The number of amides is 1. The molecule has 1 aromatic heterocycles. The number of benzene rings is 1. The Kier molecular flexibility index (Phi) is 4.73. The lowest BCUT2D eigenvalue weighted by molar-refractivity contribution is 0.0734. The highest BCUT2D eigenvalue weighted by Crippen LogP contribution is 2.17. The number of rotatable bonds is 2. The van der Waals surface area contributed by atoms with E-state index in [4.69, 9.17) is 12.2 Å². The molecule has 0 saturated carbocycles. The van der Waals surface area contributed by atoms with Crippen molar-refractivity contribution in [3.05, 3.63) is 47.0 Å². The Morgan fingerprint density at radius 1 is 1.00 bits per heavy atom. The first-order chi connectivity index (χ1) is 10.8. The molecule has 2 heterocycles. The molecule has 0 unspecified atom stereocenters. The molecule has 116 valence electrons. The molecule has 5 heteroatoms. The molecule has 4 nitrogen and oxygen atoms in total. The fourth-order valence-electron chi connectivity index (χ4n) is 2.97. The molecule has 22 heavy (non-hydrogen) atoms. The molecular weight excluding hydrogens is 294 g/mol. The normalized spacial score (nSPS) is 16.1. The van der Waals surface area contributed by atoms with Crippen molar-refractivity contribution in [3.63, 3.8) is 0 Å². The Bertz CT molecular complexity index is 681. The van der Waals surface area contributed by atoms with Gasteiger partial charge in [-0.1, -0.05) is 37.5 Å². The summed E-state index contributed by atoms with van der Waals surface area (Å²) in [5.41, 5.74) is 1.54. The Labute approximate surface area is 135 Å². The molecule has 0 radical (unpaired) electrons. The van der Waals surface area contributed by atoms with Crippen LogP contribution in [0.15, 0.2) is 36.5 Å². The van der Waals surface area contributed by atoms with Gasteiger partial charge in [0.1, 0.15) is 5.69 Å². The summed E-state index contributed by atoms with van der Waals surface area (Å²) >= 11 is 5.36. The number of para-hydroxylation sites is 1. The van der Waals surface area contributed by atoms with Crippen LogP contribution in [-0.4, -0.2) is 33.4 Å². The molecule has 1 aliphatic heterocycles. The maximum Gasteiger partial charge on any atom is 0.272 e. The number of aromatic nitrogens is 2. The number of carbonyl (C=O) groups excluding carboxylic acids is 1. The van der Waals surface area contributed by atoms with Gasteiger partial charge in [-0.25, -0.2) is 0 Å². The number of nitrogens with zero attached hydrogens (tertiary/aromatic N) is 2. The largest absolute Gasteiger partial charge is 0.337 e. The third kappa shape index (κ3) is 3.14. The van der Waals surface area contributed by atoms with Crippen LogP contribution in [0.5, 0.6) is 0 Å². The summed E-state index contributed by atoms with van der Waals surface area (Å²) < 4.78 is 2.39. The molecule has 1 aromatic carbocycles. The van der Waals surface area contributed by atoms with Crippen molar-refractivity contribution >= 4 is 18.1 Å². The summed E-state index contributed by atoms with van der Waals surface area (Å²) in [5.74, 6) is 0.0677. The van der Waals surface area contributed by atoms with Gasteiger partial charge in [-0.3, -0.25) is 9.36 Å². The van der Waals surface area contributed by atoms with Gasteiger partial charge in [-0.15, -0.1) is 0 Å². The number of nitrogens with one attached hydrogen (secondary N) is 1. The second kappa shape index (κ2) is 6.92. The number of aromatic amines is 1. The SMILES string of the molecule is O=C(c1c[nH]c(=S)n1-c1ccccc1)N1CCCCCCC1. The highest BCUT2D eigenvalue weighted by atomic mass is 32.1. The number of hydrogen-bond acceptors (Lipinski definition) is 2. The summed E-state index contributed by atoms with van der Waals surface area (Å²) in [6, 6.07) is 9.80. The molecule has 2 aromatic rings. The van der Waals surface area contributed by atoms with E-state index in [1.807, 2.05) is 39.8 Å². The molecule has 1 aliphatic rings. The Morgan fingerprint density at radius 3 is 2.32 bits per heavy atom. The molecule has 1 fully saturated rings. The fraction of sp³-hybridized carbons (Fsp3) is 0.412. The van der Waals surface area contributed by atoms with Crippen LogP contribution in [0.4, 0.5) is 0 Å². The summed E-state index contributed by atoms with van der Waals surface area (Å²) in [5, 5.41) is 0. The van der Waals surface area contributed by atoms with Gasteiger partial charge < -0.3 is 9.88 Å². The average molecular weight is 315 g/mol. The van der Waals surface area contributed by atoms with Gasteiger partial charge >= 0.3 is 0 Å². The van der Waals surface area contributed by atoms with Crippen molar-refractivity contribution in [3.8, 4) is 5.69 Å². The molecule has 0 aliphatic carbocycles. The highest BCUT2D eigenvalue weighted by molar-refractivity contribution is 7.71. The standard InChI is InChI=1S/C17H21N3OS/c21-16(19-11-7-2-1-3-8-12-19)15-13-18-17(22)20(15)14-9-5-4-6-10-14/h4-6,9-10,13H,1-3,7-8,11-12H2,(H,18,22). The fourth-order valence-corrected chi connectivity index (χ4v) is 3.23. The van der Waals surface area contributed by atoms with Crippen LogP contribution < -0.4 is 0 Å². The van der Waals surface area contributed by atoms with E-state index in [0.717, 1.165) is 31.6 Å². The predicted molar refractivity (Wildman–Crippen MR) is 89.9 cm³/mol. The number of imidazole rings is 1. The molecule has 3 rings (SSSR count). The van der Waals surface area contributed by atoms with E-state index in [9.17, 15) is 4.79 Å². The van der Waals surface area contributed by atoms with Gasteiger partial charge in [0.2, 0.25) is 0 Å². The van der Waals surface area contributed by atoms with Crippen molar-refractivity contribution in [1.82, 2.24) is 14.5 Å². The van der Waals surface area contributed by atoms with Crippen molar-refractivity contribution < 1.29 is 4.79 Å². The van der Waals surface area contributed by atoms with Gasteiger partial charge in [0.15, 0.2) is 4.77 Å². The van der Waals surface area contributed by atoms with Crippen LogP contribution in [0.25, 0.3) is 5.69 Å². The van der Waals surface area contributed by atoms with Gasteiger partial charge in [0.25, 0.3) is 5.91 Å². The second-order valence-corrected chi connectivity index (χ2v) is 6.10. The van der Waals surface area contributed by atoms with E-state index in [-0.39, 0.29) is 5.91 Å². The Balaban J connectivity index is 1.91. The van der Waals surface area contributed by atoms with E-state index in [2.05, 4.69) is 4.98 Å². The van der Waals surface area contributed by atoms with E-state index >= 15 is 0 Å². The number of H-pyrrole nitrogens is 1. The molecule has 1 N–H and O–H groups in total. The number of carbonyl (C=O) groups is 1. The van der Waals surface area contributed by atoms with Crippen LogP contribution in [0.2, 0.25) is 0 Å². The number of hydrogen-bond donors (Lipinski definition) is 1. The van der Waals surface area contributed by atoms with Crippen LogP contribution in [0.1, 0.15) is 42.6 Å². The van der Waals surface area contributed by atoms with E-state index < -0.39 is 0 Å². The summed E-state index contributed by atoms with van der Waals surface area (Å²) in [6.45, 7) is 1.68. The minimum absolute atomic E-state index is 0.0677. The number of likely N-dealkylation sites (tertiary alicyclic amines) is 1. The quantitative estimate of drug-likeness (QED) is 0.853. The van der Waals surface area contributed by atoms with E-state index in [0.29, 0.717) is 10.5 Å². The van der Waals surface area contributed by atoms with Crippen molar-refractivity contribution in [2.24, 2.45) is 0 Å². The molecule has 1 amide bonds. The van der Waals surface area contributed by atoms with Crippen LogP contribution >= 0.6 is 12.2 Å². The summed E-state index contributed by atoms with van der Waals surface area (Å²) in [7, 11) is 0. The lowest BCUT2D eigenvalue weighted by atomic mass is 10.1. The van der Waals surface area contributed by atoms with E-state index in [1.165, 1.54) is 19.3 Å². The zero-order valence-corrected chi connectivity index (χ0v) is 13.4. The molecule has 0 bridgehead atoms. The molecule has 0 spiro atoms. The van der Waals surface area contributed by atoms with Gasteiger partial charge in [-0.05, 0) is 37.2 Å².